The lowest BCUT2D eigenvalue weighted by atomic mass is 9.48. The maximum absolute atomic E-state index is 12.7. The second kappa shape index (κ2) is 7.50. The van der Waals surface area contributed by atoms with Crippen molar-refractivity contribution in [2.24, 2.45) is 17.8 Å². The highest BCUT2D eigenvalue weighted by Crippen LogP contribution is 2.62. The Balaban J connectivity index is 1.64. The molecule has 0 aromatic heterocycles. The minimum Gasteiger partial charge on any atom is -0.456 e. The van der Waals surface area contributed by atoms with Crippen molar-refractivity contribution >= 4 is 17.9 Å². The van der Waals surface area contributed by atoms with E-state index >= 15 is 0 Å². The molecule has 0 aliphatic heterocycles. The summed E-state index contributed by atoms with van der Waals surface area (Å²) in [7, 11) is 0. The van der Waals surface area contributed by atoms with Gasteiger partial charge < -0.3 is 19.3 Å². The fourth-order valence-electron chi connectivity index (χ4n) is 5.35. The topological polar surface area (TPSA) is 99.1 Å². The molecule has 31 heavy (non-hydrogen) atoms. The fraction of sp³-hybridized carbons (Fsp3) is 0.762. The van der Waals surface area contributed by atoms with Crippen molar-refractivity contribution in [3.63, 3.8) is 0 Å². The normalized spacial score (nSPS) is 35.8. The lowest BCUT2D eigenvalue weighted by molar-refractivity contribution is -0.259. The van der Waals surface area contributed by atoms with Gasteiger partial charge in [-0.25, -0.2) is 14.4 Å². The van der Waals surface area contributed by atoms with Gasteiger partial charge in [0.2, 0.25) is 0 Å². The smallest absolute Gasteiger partial charge is 0.427 e. The van der Waals surface area contributed by atoms with Gasteiger partial charge in [0.15, 0.2) is 6.61 Å². The van der Waals surface area contributed by atoms with Crippen molar-refractivity contribution in [3.8, 4) is 0 Å². The Morgan fingerprint density at radius 1 is 1.10 bits per heavy atom. The Hall–Kier alpha value is -2.10. The third kappa shape index (κ3) is 4.18. The highest BCUT2D eigenvalue weighted by atomic mass is 19.4. The van der Waals surface area contributed by atoms with Crippen LogP contribution in [-0.4, -0.2) is 52.6 Å². The van der Waals surface area contributed by atoms with Crippen LogP contribution in [0.2, 0.25) is 0 Å². The largest absolute Gasteiger partial charge is 0.456 e. The molecule has 4 rings (SSSR count). The third-order valence-corrected chi connectivity index (χ3v) is 7.02. The van der Waals surface area contributed by atoms with Crippen LogP contribution in [0.3, 0.4) is 0 Å². The molecule has 174 valence electrons. The van der Waals surface area contributed by atoms with Gasteiger partial charge in [-0.3, -0.25) is 0 Å². The average Bonchev–Trinajstić information content (AvgIpc) is 2.62. The number of hydrogen-bond donors (Lipinski definition) is 1. The summed E-state index contributed by atoms with van der Waals surface area (Å²) in [5.74, 6) is -3.30. The molecule has 0 amide bonds. The van der Waals surface area contributed by atoms with Crippen LogP contribution < -0.4 is 0 Å². The van der Waals surface area contributed by atoms with Crippen molar-refractivity contribution in [1.29, 1.82) is 0 Å². The summed E-state index contributed by atoms with van der Waals surface area (Å²) < 4.78 is 53.9. The van der Waals surface area contributed by atoms with Gasteiger partial charge in [0.25, 0.3) is 5.60 Å². The van der Waals surface area contributed by atoms with Gasteiger partial charge in [0.05, 0.1) is 0 Å². The Labute approximate surface area is 177 Å². The number of carbonyl (C=O) groups is 3. The molecule has 0 aromatic rings. The van der Waals surface area contributed by atoms with E-state index in [0.717, 1.165) is 19.3 Å². The number of alkyl halides is 3. The van der Waals surface area contributed by atoms with Crippen molar-refractivity contribution < 1.29 is 46.9 Å². The average molecular weight is 448 g/mol. The molecule has 7 nitrogen and oxygen atoms in total. The van der Waals surface area contributed by atoms with Crippen LogP contribution in [0.1, 0.15) is 52.9 Å². The minimum absolute atomic E-state index is 0.102. The molecular weight excluding hydrogens is 421 g/mol. The molecule has 0 radical (unpaired) electrons. The molecule has 0 spiro atoms. The van der Waals surface area contributed by atoms with E-state index in [9.17, 15) is 32.7 Å². The zero-order chi connectivity index (χ0) is 23.4. The summed E-state index contributed by atoms with van der Waals surface area (Å²) in [6, 6.07) is 0. The van der Waals surface area contributed by atoms with E-state index in [2.05, 4.69) is 11.3 Å². The quantitative estimate of drug-likeness (QED) is 0.379. The van der Waals surface area contributed by atoms with Crippen molar-refractivity contribution in [2.75, 3.05) is 6.61 Å². The number of aliphatic hydroxyl groups is 1. The standard InChI is InChI=1S/C21H27F3O7/c1-11(2)16(26)31-20-7-12-5-13(8-20)18(3,14(6-12)9-20)30-15(25)10-29-17(27)19(4,28)21(22,23)24/h12-14,28H,1,5-10H2,2-4H3. The van der Waals surface area contributed by atoms with E-state index in [1.54, 1.807) is 13.8 Å². The molecule has 4 saturated carbocycles. The first-order valence-electron chi connectivity index (χ1n) is 10.2. The predicted octanol–water partition coefficient (Wildman–Crippen LogP) is 2.84. The van der Waals surface area contributed by atoms with E-state index < -0.39 is 47.5 Å². The van der Waals surface area contributed by atoms with E-state index in [0.29, 0.717) is 24.3 Å². The Bertz CT molecular complexity index is 785. The number of halogens is 3. The van der Waals surface area contributed by atoms with Crippen molar-refractivity contribution in [1.82, 2.24) is 0 Å². The first-order chi connectivity index (χ1) is 14.1. The number of hydrogen-bond acceptors (Lipinski definition) is 7. The lowest BCUT2D eigenvalue weighted by Crippen LogP contribution is -2.64. The molecule has 4 bridgehead atoms. The van der Waals surface area contributed by atoms with Gasteiger partial charge in [-0.15, -0.1) is 0 Å². The number of carbonyl (C=O) groups excluding carboxylic acids is 3. The van der Waals surface area contributed by atoms with Gasteiger partial charge in [0, 0.05) is 17.4 Å². The van der Waals surface area contributed by atoms with E-state index in [4.69, 9.17) is 9.47 Å². The Kier molecular flexibility index (Phi) is 5.70. The molecule has 0 heterocycles. The third-order valence-electron chi connectivity index (χ3n) is 7.02. The Morgan fingerprint density at radius 2 is 1.65 bits per heavy atom. The van der Waals surface area contributed by atoms with E-state index in [1.807, 2.05) is 0 Å². The fourth-order valence-corrected chi connectivity index (χ4v) is 5.35. The summed E-state index contributed by atoms with van der Waals surface area (Å²) >= 11 is 0. The monoisotopic (exact) mass is 448 g/mol. The summed E-state index contributed by atoms with van der Waals surface area (Å²) in [5.41, 5.74) is -4.96. The van der Waals surface area contributed by atoms with Gasteiger partial charge in [-0.05, 0) is 58.8 Å². The second-order valence-electron chi connectivity index (χ2n) is 9.50. The maximum Gasteiger partial charge on any atom is 0.427 e. The zero-order valence-corrected chi connectivity index (χ0v) is 17.7. The van der Waals surface area contributed by atoms with Crippen molar-refractivity contribution in [2.45, 2.75) is 75.9 Å². The van der Waals surface area contributed by atoms with E-state index in [-0.39, 0.29) is 18.8 Å². The summed E-state index contributed by atoms with van der Waals surface area (Å²) in [6.07, 6.45) is -1.94. The summed E-state index contributed by atoms with van der Waals surface area (Å²) in [6.45, 7) is 6.17. The molecule has 0 aromatic carbocycles. The van der Waals surface area contributed by atoms with Gasteiger partial charge in [-0.1, -0.05) is 6.58 Å². The molecule has 3 atom stereocenters. The molecule has 1 N–H and O–H groups in total. The SMILES string of the molecule is C=C(C)C(=O)OC12CC3CC(C1)C(C)(OC(=O)COC(=O)C(C)(O)C(F)(F)F)C(C3)C2. The molecule has 0 saturated heterocycles. The number of esters is 3. The lowest BCUT2D eigenvalue weighted by Gasteiger charge is -2.62. The van der Waals surface area contributed by atoms with Crippen LogP contribution in [0.15, 0.2) is 12.2 Å². The van der Waals surface area contributed by atoms with Crippen LogP contribution in [-0.2, 0) is 28.6 Å². The first-order valence-corrected chi connectivity index (χ1v) is 10.2. The number of ether oxygens (including phenoxy) is 3. The van der Waals surface area contributed by atoms with Gasteiger partial charge >= 0.3 is 24.1 Å². The summed E-state index contributed by atoms with van der Waals surface area (Å²) in [4.78, 5) is 36.0. The highest BCUT2D eigenvalue weighted by Gasteiger charge is 2.64. The van der Waals surface area contributed by atoms with Gasteiger partial charge in [0.1, 0.15) is 11.2 Å². The highest BCUT2D eigenvalue weighted by molar-refractivity contribution is 5.87. The van der Waals surface area contributed by atoms with Crippen molar-refractivity contribution in [3.05, 3.63) is 12.2 Å². The van der Waals surface area contributed by atoms with Crippen LogP contribution in [0.5, 0.6) is 0 Å². The first kappa shape index (κ1) is 23.6. The van der Waals surface area contributed by atoms with Crippen LogP contribution >= 0.6 is 0 Å². The van der Waals surface area contributed by atoms with Crippen LogP contribution in [0.25, 0.3) is 0 Å². The second-order valence-corrected chi connectivity index (χ2v) is 9.50. The molecule has 4 aliphatic rings. The maximum atomic E-state index is 12.7. The molecular formula is C21H27F3O7. The number of rotatable bonds is 6. The molecule has 3 unspecified atom stereocenters. The minimum atomic E-state index is -5.24. The van der Waals surface area contributed by atoms with Crippen LogP contribution in [0, 0.1) is 17.8 Å². The van der Waals surface area contributed by atoms with Crippen LogP contribution in [0.4, 0.5) is 13.2 Å². The molecule has 4 fully saturated rings. The Morgan fingerprint density at radius 3 is 2.13 bits per heavy atom. The molecule has 10 heteroatoms. The molecule has 4 aliphatic carbocycles. The van der Waals surface area contributed by atoms with E-state index in [1.165, 1.54) is 0 Å². The van der Waals surface area contributed by atoms with Gasteiger partial charge in [-0.2, -0.15) is 13.2 Å². The predicted molar refractivity (Wildman–Crippen MR) is 99.3 cm³/mol. The summed E-state index contributed by atoms with van der Waals surface area (Å²) in [5, 5.41) is 9.31. The zero-order valence-electron chi connectivity index (χ0n) is 17.7.